The number of aliphatic hydroxyl groups excluding tert-OH is 13. The van der Waals surface area contributed by atoms with Crippen LogP contribution in [-0.4, -0.2) is 429 Å². The molecular formula is C57H97N5O49S4. The molecule has 23 N–H and O–H groups in total. The van der Waals surface area contributed by atoms with Crippen LogP contribution in [0.5, 0.6) is 0 Å². The summed E-state index contributed by atoms with van der Waals surface area (Å²) in [6, 6.07) is -7.38. The Morgan fingerprint density at radius 2 is 0.574 bits per heavy atom. The predicted molar refractivity (Wildman–Crippen MR) is 355 cm³/mol. The van der Waals surface area contributed by atoms with Crippen molar-refractivity contribution in [2.24, 2.45) is 5.73 Å². The van der Waals surface area contributed by atoms with E-state index in [2.05, 4.69) is 38.0 Å². The van der Waals surface area contributed by atoms with Gasteiger partial charge in [0.15, 0.2) is 50.3 Å². The normalized spacial score (nSPS) is 41.9. The van der Waals surface area contributed by atoms with Crippen LogP contribution in [-0.2, 0) is 153 Å². The Kier molecular flexibility index (Phi) is 35.1. The molecule has 8 aliphatic heterocycles. The van der Waals surface area contributed by atoms with E-state index in [1.807, 2.05) is 0 Å². The SMILES string of the molecule is CC(=O)NC1[C@@H](O[C@@H]2CO[C@@H](O[C@@H]3C(COS(=O)(=O)O)O[C@H](O[C@@H]4CO[C@@H](O[C@@H]5C(COS(=O)(=O)O)O[C@H](O[C@@H]6CO[C@@H](O[C@@H]7C(COS(=O)(=O)O)O[C@H](O[C@@H]8CO[C@@H](OCCCCCN)C(O)[C@H]8O)C(NC(C)=O)[C@H]7O)C(O)[C@@H]6O)C(NC(C)=O)[C@H]5O)C(O)[C@H]4O)C(NC(C)=O)[C@H]3O)C(O)[C@@H]2O)OC(COS(=O)(=O)O)[C@@H](O)[C@@H]1O. The Bertz CT molecular complexity index is 3630. The van der Waals surface area contributed by atoms with Crippen molar-refractivity contribution in [1.82, 2.24) is 21.3 Å². The molecule has 8 heterocycles. The third kappa shape index (κ3) is 26.8. The summed E-state index contributed by atoms with van der Waals surface area (Å²) >= 11 is 0. The first-order valence-electron chi connectivity index (χ1n) is 35.0. The van der Waals surface area contributed by atoms with E-state index in [0.29, 0.717) is 25.8 Å². The lowest BCUT2D eigenvalue weighted by atomic mass is 9.95. The van der Waals surface area contributed by atoms with Gasteiger partial charge in [0.05, 0.1) is 52.9 Å². The zero-order valence-corrected chi connectivity index (χ0v) is 64.1. The highest BCUT2D eigenvalue weighted by molar-refractivity contribution is 7.81. The maximum Gasteiger partial charge on any atom is 0.397 e. The Morgan fingerprint density at radius 1 is 0.322 bits per heavy atom. The van der Waals surface area contributed by atoms with E-state index < -0.39 is 339 Å². The number of amides is 4. The molecule has 668 valence electrons. The standard InChI is InChI=1S/C57H97N5O49S4/c1-18(63)59-30-39(72)34(67)26(14-97-112(80,81)82)105-50(30)101-23-11-94-55(44(77)36(23)69)109-48-28(16-99-114(86,87)88)107-52(32(41(48)74)61-20(3)65)103-25-13-96-57(46(79)38(25)71)111-49-29(17-100-115(89,90)91)108-53(33(42(49)75)62-21(4)66)104-24-12-95-56(45(78)37(24)70)110-47-27(15-98-113(83,84)85)106-51(31(40(47)73)60-19(2)64)102-22-10-93-54(43(76)35(22)68)92-9-7-5-6-8-58/h22-57,67-79H,5-17,58H2,1-4H3,(H,59,63)(H,60,64)(H,61,65)(H,62,66)(H,80,81,82)(H,83,84,85)(H,86,87,88)(H,89,90,91)/t22-,23-,24-,25-,26?,27?,28?,29?,30?,31?,32?,33?,34-,35+,36-,37-,38+,39-,40-,41-,42-,43?,44?,45?,46?,47-,48-,49-,50+,51+,52+,53+,54-,55+,56+,57+/m1/s1. The van der Waals surface area contributed by atoms with Gasteiger partial charge in [-0.3, -0.25) is 37.4 Å². The first-order valence-corrected chi connectivity index (χ1v) is 40.5. The van der Waals surface area contributed by atoms with E-state index in [1.165, 1.54) is 0 Å². The molecule has 0 aromatic rings. The first-order chi connectivity index (χ1) is 53.6. The minimum absolute atomic E-state index is 0.0989. The summed E-state index contributed by atoms with van der Waals surface area (Å²) in [6.07, 6.45) is -63.6. The number of carbonyl (C=O) groups excluding carboxylic acids is 4. The van der Waals surface area contributed by atoms with Crippen LogP contribution in [0.25, 0.3) is 0 Å². The van der Waals surface area contributed by atoms with Crippen LogP contribution in [0, 0.1) is 0 Å². The summed E-state index contributed by atoms with van der Waals surface area (Å²) in [5.74, 6) is -3.68. The average molecular weight is 1760 g/mol. The van der Waals surface area contributed by atoms with Crippen LogP contribution >= 0.6 is 0 Å². The number of nitrogens with two attached hydrogens (primary N) is 1. The monoisotopic (exact) mass is 1760 g/mol. The molecule has 0 spiro atoms. The Hall–Kier alpha value is -3.84. The van der Waals surface area contributed by atoms with Crippen molar-refractivity contribution < 1.29 is 230 Å². The molecule has 8 rings (SSSR count). The smallest absolute Gasteiger partial charge is 0.388 e. The van der Waals surface area contributed by atoms with Crippen molar-refractivity contribution in [3.63, 3.8) is 0 Å². The van der Waals surface area contributed by atoms with E-state index in [0.717, 1.165) is 27.7 Å². The molecule has 12 unspecified atom stereocenters. The minimum atomic E-state index is -5.47. The van der Waals surface area contributed by atoms with Crippen LogP contribution < -0.4 is 27.0 Å². The molecular weight excluding hydrogens is 1670 g/mol. The summed E-state index contributed by atoms with van der Waals surface area (Å²) in [5.41, 5.74) is 5.52. The Balaban J connectivity index is 0.935. The van der Waals surface area contributed by atoms with Gasteiger partial charge in [-0.1, -0.05) is 0 Å². The van der Waals surface area contributed by atoms with E-state index in [9.17, 15) is 133 Å². The predicted octanol–water partition coefficient (Wildman–Crippen LogP) is -14.9. The van der Waals surface area contributed by atoms with Gasteiger partial charge in [0.25, 0.3) is 0 Å². The van der Waals surface area contributed by atoms with Crippen molar-refractivity contribution in [3.05, 3.63) is 0 Å². The minimum Gasteiger partial charge on any atom is -0.388 e. The molecule has 0 aromatic carbocycles. The molecule has 36 atom stereocenters. The fourth-order valence-corrected chi connectivity index (χ4v) is 14.4. The molecule has 54 nitrogen and oxygen atoms in total. The molecule has 8 fully saturated rings. The quantitative estimate of drug-likeness (QED) is 0.0205. The van der Waals surface area contributed by atoms with Crippen LogP contribution in [0.2, 0.25) is 0 Å². The largest absolute Gasteiger partial charge is 0.397 e. The zero-order valence-electron chi connectivity index (χ0n) is 60.9. The van der Waals surface area contributed by atoms with Crippen LogP contribution in [0.3, 0.4) is 0 Å². The maximum absolute atomic E-state index is 12.8. The third-order valence-corrected chi connectivity index (χ3v) is 20.4. The lowest BCUT2D eigenvalue weighted by molar-refractivity contribution is -0.371. The van der Waals surface area contributed by atoms with E-state index in [-0.39, 0.29) is 6.61 Å². The molecule has 8 saturated heterocycles. The van der Waals surface area contributed by atoms with Crippen molar-refractivity contribution in [1.29, 1.82) is 0 Å². The van der Waals surface area contributed by atoms with Gasteiger partial charge in [0, 0.05) is 34.3 Å². The van der Waals surface area contributed by atoms with Crippen molar-refractivity contribution in [3.8, 4) is 0 Å². The van der Waals surface area contributed by atoms with E-state index in [1.54, 1.807) is 0 Å². The summed E-state index contributed by atoms with van der Waals surface area (Å²) < 4.78 is 242. The average Bonchev–Trinajstić information content (AvgIpc) is 0.779. The van der Waals surface area contributed by atoms with Gasteiger partial charge < -0.3 is 169 Å². The number of carbonyl (C=O) groups is 4. The summed E-state index contributed by atoms with van der Waals surface area (Å²) in [4.78, 5) is 50.3. The number of hydrogen-bond donors (Lipinski definition) is 22. The third-order valence-electron chi connectivity index (χ3n) is 18.7. The van der Waals surface area contributed by atoms with Crippen LogP contribution in [0.1, 0.15) is 47.0 Å². The fraction of sp³-hybridized carbons (Fsp3) is 0.930. The molecule has 0 aromatic heterocycles. The number of nitrogens with one attached hydrogen (secondary N) is 4. The highest BCUT2D eigenvalue weighted by atomic mass is 32.3. The first kappa shape index (κ1) is 96.6. The van der Waals surface area contributed by atoms with E-state index >= 15 is 0 Å². The molecule has 0 radical (unpaired) electrons. The topological polar surface area (TPSA) is 807 Å². The molecule has 0 aliphatic carbocycles. The van der Waals surface area contributed by atoms with Gasteiger partial charge in [0.1, 0.15) is 171 Å². The molecule has 4 amide bonds. The van der Waals surface area contributed by atoms with E-state index in [4.69, 9.17) is 86.1 Å². The van der Waals surface area contributed by atoms with Gasteiger partial charge in [-0.2, -0.15) is 33.7 Å². The Morgan fingerprint density at radius 3 is 0.843 bits per heavy atom. The number of hydrogen-bond acceptors (Lipinski definition) is 46. The van der Waals surface area contributed by atoms with Crippen LogP contribution in [0.4, 0.5) is 0 Å². The summed E-state index contributed by atoms with van der Waals surface area (Å²) in [6.45, 7) is -4.10. The Labute approximate surface area is 653 Å². The lowest BCUT2D eigenvalue weighted by Crippen LogP contribution is -2.69. The fourth-order valence-electron chi connectivity index (χ4n) is 13.2. The van der Waals surface area contributed by atoms with Gasteiger partial charge >= 0.3 is 41.6 Å². The highest BCUT2D eigenvalue weighted by Crippen LogP contribution is 2.38. The number of unbranched alkanes of at least 4 members (excludes halogenated alkanes) is 2. The second-order valence-electron chi connectivity index (χ2n) is 27.3. The molecule has 115 heavy (non-hydrogen) atoms. The lowest BCUT2D eigenvalue weighted by Gasteiger charge is -2.49. The zero-order chi connectivity index (χ0) is 85.3. The summed E-state index contributed by atoms with van der Waals surface area (Å²) in [7, 11) is -21.4. The second kappa shape index (κ2) is 41.8. The molecule has 0 bridgehead atoms. The van der Waals surface area contributed by atoms with Crippen molar-refractivity contribution in [2.45, 2.75) is 268 Å². The number of rotatable bonds is 36. The molecule has 0 saturated carbocycles. The number of ether oxygens (including phenoxy) is 16. The van der Waals surface area contributed by atoms with Gasteiger partial charge in [-0.05, 0) is 25.8 Å². The second-order valence-corrected chi connectivity index (χ2v) is 31.7. The van der Waals surface area contributed by atoms with Gasteiger partial charge in [0.2, 0.25) is 23.6 Å². The maximum atomic E-state index is 12.8. The summed E-state index contributed by atoms with van der Waals surface area (Å²) in [5, 5.41) is 158. The van der Waals surface area contributed by atoms with Gasteiger partial charge in [-0.25, -0.2) is 16.7 Å². The highest BCUT2D eigenvalue weighted by Gasteiger charge is 2.59. The van der Waals surface area contributed by atoms with Crippen LogP contribution in [0.15, 0.2) is 0 Å². The van der Waals surface area contributed by atoms with Crippen molar-refractivity contribution >= 4 is 65.2 Å². The molecule has 58 heteroatoms. The van der Waals surface area contributed by atoms with Crippen molar-refractivity contribution in [2.75, 3.05) is 66.0 Å². The number of aliphatic hydroxyl groups is 13. The molecule has 8 aliphatic rings. The van der Waals surface area contributed by atoms with Gasteiger partial charge in [-0.15, -0.1) is 0 Å².